The molecule has 0 aliphatic rings. The number of methoxy groups -OCH3 is 1. The van der Waals surface area contributed by atoms with E-state index in [-0.39, 0.29) is 11.9 Å². The topological polar surface area (TPSA) is 41.6 Å². The number of halogens is 1. The number of hydrogen-bond acceptors (Lipinski definition) is 3. The third-order valence-electron chi connectivity index (χ3n) is 4.66. The summed E-state index contributed by atoms with van der Waals surface area (Å²) in [5, 5.41) is 5.75. The molecule has 0 saturated carbocycles. The van der Waals surface area contributed by atoms with E-state index in [1.165, 1.54) is 0 Å². The minimum absolute atomic E-state index is 0.0332. The number of rotatable bonds is 6. The van der Waals surface area contributed by atoms with E-state index in [2.05, 4.69) is 5.32 Å². The number of fused-ring (bicyclic) bond motifs is 1. The summed E-state index contributed by atoms with van der Waals surface area (Å²) >= 11 is 6.35. The van der Waals surface area contributed by atoms with E-state index in [0.29, 0.717) is 22.9 Å². The molecular formula is C22H23ClN2O2. The fourth-order valence-corrected chi connectivity index (χ4v) is 3.43. The second-order valence-electron chi connectivity index (χ2n) is 6.61. The van der Waals surface area contributed by atoms with Gasteiger partial charge in [0.1, 0.15) is 5.75 Å². The molecule has 1 unspecified atom stereocenters. The Kier molecular flexibility index (Phi) is 5.99. The fraction of sp³-hybridized carbons (Fsp3) is 0.227. The Bertz CT molecular complexity index is 956. The summed E-state index contributed by atoms with van der Waals surface area (Å²) in [5.74, 6) is 0.391. The standard InChI is InChI=1S/C22H23ClN2O2/c1-25(2)20(17-10-6-7-11-19(17)23)14-24-22(26)18-12-15-8-4-5-9-16(15)13-21(18)27-3/h4-13,20H,14H2,1-3H3,(H,24,26). The maximum atomic E-state index is 12.9. The number of amides is 1. The molecule has 5 heteroatoms. The third-order valence-corrected chi connectivity index (χ3v) is 5.00. The van der Waals surface area contributed by atoms with Gasteiger partial charge in [0.2, 0.25) is 0 Å². The highest BCUT2D eigenvalue weighted by molar-refractivity contribution is 6.31. The van der Waals surface area contributed by atoms with Gasteiger partial charge in [0.25, 0.3) is 5.91 Å². The van der Waals surface area contributed by atoms with E-state index in [1.54, 1.807) is 7.11 Å². The Morgan fingerprint density at radius 3 is 2.33 bits per heavy atom. The molecule has 0 spiro atoms. The highest BCUT2D eigenvalue weighted by Gasteiger charge is 2.20. The first-order valence-electron chi connectivity index (χ1n) is 8.77. The number of ether oxygens (including phenoxy) is 1. The van der Waals surface area contributed by atoms with Crippen molar-refractivity contribution in [1.82, 2.24) is 10.2 Å². The molecule has 3 aromatic rings. The number of nitrogens with zero attached hydrogens (tertiary/aromatic N) is 1. The first kappa shape index (κ1) is 19.2. The van der Waals surface area contributed by atoms with Crippen molar-refractivity contribution in [3.8, 4) is 5.75 Å². The van der Waals surface area contributed by atoms with Crippen LogP contribution in [0.1, 0.15) is 22.0 Å². The van der Waals surface area contributed by atoms with E-state index < -0.39 is 0 Å². The second-order valence-corrected chi connectivity index (χ2v) is 7.02. The Hall–Kier alpha value is -2.56. The van der Waals surface area contributed by atoms with Gasteiger partial charge in [-0.2, -0.15) is 0 Å². The summed E-state index contributed by atoms with van der Waals surface area (Å²) in [6.45, 7) is 0.436. The number of carbonyl (C=O) groups excluding carboxylic acids is 1. The molecule has 0 aliphatic heterocycles. The lowest BCUT2D eigenvalue weighted by Gasteiger charge is -2.26. The van der Waals surface area contributed by atoms with Crippen molar-refractivity contribution >= 4 is 28.3 Å². The van der Waals surface area contributed by atoms with Crippen LogP contribution in [-0.2, 0) is 0 Å². The van der Waals surface area contributed by atoms with Crippen LogP contribution in [0.15, 0.2) is 60.7 Å². The van der Waals surface area contributed by atoms with Crippen LogP contribution in [0.2, 0.25) is 5.02 Å². The van der Waals surface area contributed by atoms with E-state index in [4.69, 9.17) is 16.3 Å². The smallest absolute Gasteiger partial charge is 0.255 e. The molecule has 0 aromatic heterocycles. The normalized spacial score (nSPS) is 12.2. The number of benzene rings is 3. The Balaban J connectivity index is 1.84. The second kappa shape index (κ2) is 8.42. The van der Waals surface area contributed by atoms with Crippen molar-refractivity contribution in [3.63, 3.8) is 0 Å². The van der Waals surface area contributed by atoms with E-state index >= 15 is 0 Å². The minimum Gasteiger partial charge on any atom is -0.496 e. The predicted octanol–water partition coefficient (Wildman–Crippen LogP) is 4.53. The van der Waals surface area contributed by atoms with E-state index in [0.717, 1.165) is 16.3 Å². The molecule has 0 aliphatic carbocycles. The summed E-state index contributed by atoms with van der Waals surface area (Å²) in [5.41, 5.74) is 1.50. The van der Waals surface area contributed by atoms with E-state index in [9.17, 15) is 4.79 Å². The molecule has 0 saturated heterocycles. The summed E-state index contributed by atoms with van der Waals surface area (Å²) in [6.07, 6.45) is 0. The predicted molar refractivity (Wildman–Crippen MR) is 111 cm³/mol. The van der Waals surface area contributed by atoms with Crippen LogP contribution in [-0.4, -0.2) is 38.6 Å². The molecular weight excluding hydrogens is 360 g/mol. The van der Waals surface area contributed by atoms with Crippen molar-refractivity contribution in [2.45, 2.75) is 6.04 Å². The van der Waals surface area contributed by atoms with Crippen molar-refractivity contribution in [1.29, 1.82) is 0 Å². The van der Waals surface area contributed by atoms with Gasteiger partial charge >= 0.3 is 0 Å². The molecule has 1 amide bonds. The molecule has 0 radical (unpaired) electrons. The quantitative estimate of drug-likeness (QED) is 0.680. The van der Waals surface area contributed by atoms with Crippen LogP contribution < -0.4 is 10.1 Å². The maximum absolute atomic E-state index is 12.9. The zero-order valence-electron chi connectivity index (χ0n) is 15.7. The van der Waals surface area contributed by atoms with Crippen molar-refractivity contribution in [3.05, 3.63) is 76.8 Å². The van der Waals surface area contributed by atoms with Gasteiger partial charge in [-0.25, -0.2) is 0 Å². The maximum Gasteiger partial charge on any atom is 0.255 e. The van der Waals surface area contributed by atoms with Crippen molar-refractivity contribution in [2.75, 3.05) is 27.7 Å². The van der Waals surface area contributed by atoms with Gasteiger partial charge in [0, 0.05) is 11.6 Å². The number of carbonyl (C=O) groups is 1. The van der Waals surface area contributed by atoms with Crippen molar-refractivity contribution in [2.24, 2.45) is 0 Å². The summed E-state index contributed by atoms with van der Waals surface area (Å²) < 4.78 is 5.44. The van der Waals surface area contributed by atoms with Gasteiger partial charge in [-0.15, -0.1) is 0 Å². The minimum atomic E-state index is -0.170. The zero-order chi connectivity index (χ0) is 19.4. The van der Waals surface area contributed by atoms with Gasteiger partial charge < -0.3 is 15.0 Å². The molecule has 3 rings (SSSR count). The molecule has 1 atom stereocenters. The van der Waals surface area contributed by atoms with Crippen LogP contribution in [0.4, 0.5) is 0 Å². The zero-order valence-corrected chi connectivity index (χ0v) is 16.5. The fourth-order valence-electron chi connectivity index (χ4n) is 3.17. The largest absolute Gasteiger partial charge is 0.496 e. The Morgan fingerprint density at radius 2 is 1.70 bits per heavy atom. The third kappa shape index (κ3) is 4.24. The van der Waals surface area contributed by atoms with Crippen LogP contribution in [0.3, 0.4) is 0 Å². The molecule has 140 valence electrons. The van der Waals surface area contributed by atoms with Gasteiger partial charge in [-0.05, 0) is 48.6 Å². The molecule has 3 aromatic carbocycles. The number of nitrogens with one attached hydrogen (secondary N) is 1. The molecule has 27 heavy (non-hydrogen) atoms. The first-order valence-corrected chi connectivity index (χ1v) is 9.15. The molecule has 0 bridgehead atoms. The Morgan fingerprint density at radius 1 is 1.07 bits per heavy atom. The average molecular weight is 383 g/mol. The van der Waals surface area contributed by atoms with Crippen LogP contribution in [0.5, 0.6) is 5.75 Å². The van der Waals surface area contributed by atoms with E-state index in [1.807, 2.05) is 79.7 Å². The molecule has 1 N–H and O–H groups in total. The van der Waals surface area contributed by atoms with Crippen LogP contribution in [0.25, 0.3) is 10.8 Å². The van der Waals surface area contributed by atoms with Crippen LogP contribution in [0, 0.1) is 0 Å². The lowest BCUT2D eigenvalue weighted by Crippen LogP contribution is -2.34. The van der Waals surface area contributed by atoms with Gasteiger partial charge in [0.15, 0.2) is 0 Å². The first-order chi connectivity index (χ1) is 13.0. The number of hydrogen-bond donors (Lipinski definition) is 1. The molecule has 0 heterocycles. The number of likely N-dealkylation sites (N-methyl/N-ethyl adjacent to an activating group) is 1. The SMILES string of the molecule is COc1cc2ccccc2cc1C(=O)NCC(c1ccccc1Cl)N(C)C. The highest BCUT2D eigenvalue weighted by atomic mass is 35.5. The summed E-state index contributed by atoms with van der Waals surface area (Å²) in [4.78, 5) is 14.9. The monoisotopic (exact) mass is 382 g/mol. The van der Waals surface area contributed by atoms with Gasteiger partial charge in [-0.3, -0.25) is 4.79 Å². The van der Waals surface area contributed by atoms with Gasteiger partial charge in [-0.1, -0.05) is 54.1 Å². The summed E-state index contributed by atoms with van der Waals surface area (Å²) in [7, 11) is 5.51. The molecule has 4 nitrogen and oxygen atoms in total. The average Bonchev–Trinajstić information content (AvgIpc) is 2.68. The van der Waals surface area contributed by atoms with Crippen LogP contribution >= 0.6 is 11.6 Å². The lowest BCUT2D eigenvalue weighted by molar-refractivity contribution is 0.0939. The lowest BCUT2D eigenvalue weighted by atomic mass is 10.0. The molecule has 0 fully saturated rings. The van der Waals surface area contributed by atoms with Gasteiger partial charge in [0.05, 0.1) is 18.7 Å². The Labute approximate surface area is 164 Å². The highest BCUT2D eigenvalue weighted by Crippen LogP contribution is 2.27. The van der Waals surface area contributed by atoms with Crippen molar-refractivity contribution < 1.29 is 9.53 Å². The summed E-state index contributed by atoms with van der Waals surface area (Å²) in [6, 6.07) is 19.3.